The summed E-state index contributed by atoms with van der Waals surface area (Å²) in [5.74, 6) is 0.851. The highest BCUT2D eigenvalue weighted by atomic mass is 16.5. The maximum atomic E-state index is 12.7. The van der Waals surface area contributed by atoms with Crippen molar-refractivity contribution in [3.8, 4) is 23.0 Å². The molecule has 8 heteroatoms. The average Bonchev–Trinajstić information content (AvgIpc) is 3.19. The van der Waals surface area contributed by atoms with Crippen LogP contribution in [0.2, 0.25) is 0 Å². The van der Waals surface area contributed by atoms with Gasteiger partial charge in [-0.25, -0.2) is 4.98 Å². The number of phenols is 1. The Morgan fingerprint density at radius 1 is 1.28 bits per heavy atom. The molecule has 0 aliphatic heterocycles. The molecule has 29 heavy (non-hydrogen) atoms. The maximum absolute atomic E-state index is 12.7. The van der Waals surface area contributed by atoms with Crippen molar-refractivity contribution >= 4 is 11.7 Å². The summed E-state index contributed by atoms with van der Waals surface area (Å²) in [5.41, 5.74) is 3.38. The zero-order valence-corrected chi connectivity index (χ0v) is 17.0. The second-order valence-corrected chi connectivity index (χ2v) is 6.77. The van der Waals surface area contributed by atoms with E-state index >= 15 is 0 Å². The van der Waals surface area contributed by atoms with Crippen molar-refractivity contribution in [3.05, 3.63) is 52.2 Å². The molecule has 1 amide bonds. The van der Waals surface area contributed by atoms with E-state index in [2.05, 4.69) is 15.3 Å². The minimum absolute atomic E-state index is 0.0224. The van der Waals surface area contributed by atoms with Crippen LogP contribution in [0.1, 0.15) is 50.5 Å². The third kappa shape index (κ3) is 3.87. The number of phenolic OH excluding ortho intramolecular Hbond substituents is 1. The van der Waals surface area contributed by atoms with Gasteiger partial charge in [-0.05, 0) is 44.5 Å². The smallest absolute Gasteiger partial charge is 0.253 e. The molecule has 1 aromatic carbocycles. The van der Waals surface area contributed by atoms with Gasteiger partial charge in [0.05, 0.1) is 24.9 Å². The minimum Gasteiger partial charge on any atom is -0.504 e. The molecule has 8 nitrogen and oxygen atoms in total. The van der Waals surface area contributed by atoms with E-state index in [-0.39, 0.29) is 24.0 Å². The number of ketones is 1. The number of aromatic amines is 1. The van der Waals surface area contributed by atoms with Gasteiger partial charge in [-0.2, -0.15) is 0 Å². The van der Waals surface area contributed by atoms with Gasteiger partial charge in [0.15, 0.2) is 17.3 Å². The number of ether oxygens (including phenoxy) is 1. The standard InChI is InChI=1S/C21H23N3O5/c1-10-18(11(2)23-19(10)12(3)25)20(27)22-9-15-13(4)29-21(24-15)14-6-7-16(26)17(8-14)28-5/h6-8,23,26H,9H2,1-5H3,(H,22,27). The number of benzene rings is 1. The van der Waals surface area contributed by atoms with Crippen LogP contribution in [0.25, 0.3) is 11.5 Å². The van der Waals surface area contributed by atoms with Crippen LogP contribution in [0, 0.1) is 20.8 Å². The number of aromatic hydroxyl groups is 1. The lowest BCUT2D eigenvalue weighted by atomic mass is 10.1. The number of rotatable bonds is 6. The third-order valence-corrected chi connectivity index (χ3v) is 4.75. The summed E-state index contributed by atoms with van der Waals surface area (Å²) in [6.07, 6.45) is 0. The number of methoxy groups -OCH3 is 1. The van der Waals surface area contributed by atoms with Crippen LogP contribution in [-0.2, 0) is 6.54 Å². The molecule has 0 spiro atoms. The number of carbonyl (C=O) groups excluding carboxylic acids is 2. The van der Waals surface area contributed by atoms with Gasteiger partial charge in [0.1, 0.15) is 11.5 Å². The Kier molecular flexibility index (Phi) is 5.45. The second kappa shape index (κ2) is 7.83. The lowest BCUT2D eigenvalue weighted by Crippen LogP contribution is -2.24. The summed E-state index contributed by atoms with van der Waals surface area (Å²) in [7, 11) is 1.46. The first-order valence-corrected chi connectivity index (χ1v) is 9.04. The molecule has 2 heterocycles. The van der Waals surface area contributed by atoms with Gasteiger partial charge in [0.25, 0.3) is 5.91 Å². The first-order valence-electron chi connectivity index (χ1n) is 9.04. The molecule has 0 aliphatic rings. The van der Waals surface area contributed by atoms with E-state index in [4.69, 9.17) is 9.15 Å². The zero-order chi connectivity index (χ0) is 21.3. The molecule has 0 saturated carbocycles. The van der Waals surface area contributed by atoms with Crippen LogP contribution in [0.4, 0.5) is 0 Å². The summed E-state index contributed by atoms with van der Waals surface area (Å²) >= 11 is 0. The molecule has 0 aliphatic carbocycles. The van der Waals surface area contributed by atoms with Crippen LogP contribution in [0.15, 0.2) is 22.6 Å². The number of H-pyrrole nitrogens is 1. The fourth-order valence-electron chi connectivity index (χ4n) is 3.22. The van der Waals surface area contributed by atoms with Crippen molar-refractivity contribution < 1.29 is 23.8 Å². The SMILES string of the molecule is COc1cc(-c2nc(CNC(=O)c3c(C)[nH]c(C(C)=O)c3C)c(C)o2)ccc1O. The van der Waals surface area contributed by atoms with E-state index in [0.717, 1.165) is 0 Å². The first kappa shape index (κ1) is 20.2. The van der Waals surface area contributed by atoms with Gasteiger partial charge in [-0.1, -0.05) is 0 Å². The number of carbonyl (C=O) groups is 2. The molecular formula is C21H23N3O5. The molecule has 3 N–H and O–H groups in total. The molecule has 3 aromatic rings. The quantitative estimate of drug-likeness (QED) is 0.549. The Labute approximate surface area is 167 Å². The molecular weight excluding hydrogens is 374 g/mol. The van der Waals surface area contributed by atoms with Gasteiger partial charge < -0.3 is 24.6 Å². The number of oxazole rings is 1. The normalized spacial score (nSPS) is 10.8. The number of nitrogens with one attached hydrogen (secondary N) is 2. The van der Waals surface area contributed by atoms with E-state index in [1.807, 2.05) is 0 Å². The molecule has 0 saturated heterocycles. The molecule has 0 radical (unpaired) electrons. The second-order valence-electron chi connectivity index (χ2n) is 6.77. The van der Waals surface area contributed by atoms with E-state index in [0.29, 0.717) is 51.2 Å². The third-order valence-electron chi connectivity index (χ3n) is 4.75. The summed E-state index contributed by atoms with van der Waals surface area (Å²) in [5, 5.41) is 12.6. The summed E-state index contributed by atoms with van der Waals surface area (Å²) in [6, 6.07) is 4.79. The van der Waals surface area contributed by atoms with Crippen LogP contribution < -0.4 is 10.1 Å². The summed E-state index contributed by atoms with van der Waals surface area (Å²) in [6.45, 7) is 6.89. The monoisotopic (exact) mass is 397 g/mol. The Morgan fingerprint density at radius 2 is 2.00 bits per heavy atom. The molecule has 0 unspecified atom stereocenters. The molecule has 2 aromatic heterocycles. The van der Waals surface area contributed by atoms with Crippen molar-refractivity contribution in [1.29, 1.82) is 0 Å². The number of aromatic nitrogens is 2. The van der Waals surface area contributed by atoms with Crippen LogP contribution in [0.5, 0.6) is 11.5 Å². The van der Waals surface area contributed by atoms with Gasteiger partial charge in [0, 0.05) is 18.2 Å². The molecule has 0 bridgehead atoms. The topological polar surface area (TPSA) is 117 Å². The lowest BCUT2D eigenvalue weighted by molar-refractivity contribution is 0.0949. The van der Waals surface area contributed by atoms with Crippen molar-refractivity contribution in [1.82, 2.24) is 15.3 Å². The highest BCUT2D eigenvalue weighted by Gasteiger charge is 2.21. The number of aryl methyl sites for hydroxylation is 2. The minimum atomic E-state index is -0.293. The first-order chi connectivity index (χ1) is 13.7. The predicted molar refractivity (Wildman–Crippen MR) is 106 cm³/mol. The number of hydrogen-bond donors (Lipinski definition) is 3. The molecule has 0 atom stereocenters. The van der Waals surface area contributed by atoms with Gasteiger partial charge >= 0.3 is 0 Å². The average molecular weight is 397 g/mol. The van der Waals surface area contributed by atoms with Crippen molar-refractivity contribution in [2.75, 3.05) is 7.11 Å². The fourth-order valence-corrected chi connectivity index (χ4v) is 3.22. The van der Waals surface area contributed by atoms with E-state index in [9.17, 15) is 14.7 Å². The maximum Gasteiger partial charge on any atom is 0.253 e. The molecule has 0 fully saturated rings. The Morgan fingerprint density at radius 3 is 2.62 bits per heavy atom. The van der Waals surface area contributed by atoms with Gasteiger partial charge in [-0.15, -0.1) is 0 Å². The van der Waals surface area contributed by atoms with Crippen molar-refractivity contribution in [3.63, 3.8) is 0 Å². The van der Waals surface area contributed by atoms with Gasteiger partial charge in [-0.3, -0.25) is 9.59 Å². The van der Waals surface area contributed by atoms with Crippen molar-refractivity contribution in [2.24, 2.45) is 0 Å². The Bertz CT molecular complexity index is 1090. The summed E-state index contributed by atoms with van der Waals surface area (Å²) in [4.78, 5) is 31.7. The van der Waals surface area contributed by atoms with Crippen molar-refractivity contribution in [2.45, 2.75) is 34.2 Å². The lowest BCUT2D eigenvalue weighted by Gasteiger charge is -2.05. The zero-order valence-electron chi connectivity index (χ0n) is 17.0. The van der Waals surface area contributed by atoms with E-state index in [1.165, 1.54) is 20.1 Å². The number of nitrogens with zero attached hydrogens (tertiary/aromatic N) is 1. The van der Waals surface area contributed by atoms with Crippen LogP contribution in [0.3, 0.4) is 0 Å². The number of Topliss-reactive ketones (excluding diaryl/α,β-unsaturated/α-hetero) is 1. The molecule has 3 rings (SSSR count). The number of hydrogen-bond acceptors (Lipinski definition) is 6. The van der Waals surface area contributed by atoms with E-state index < -0.39 is 0 Å². The Hall–Kier alpha value is -3.55. The van der Waals surface area contributed by atoms with Crippen LogP contribution >= 0.6 is 0 Å². The fraction of sp³-hybridized carbons (Fsp3) is 0.286. The summed E-state index contributed by atoms with van der Waals surface area (Å²) < 4.78 is 10.8. The highest BCUT2D eigenvalue weighted by Crippen LogP contribution is 2.31. The largest absolute Gasteiger partial charge is 0.504 e. The number of amides is 1. The highest BCUT2D eigenvalue weighted by molar-refractivity contribution is 6.02. The van der Waals surface area contributed by atoms with Crippen LogP contribution in [-0.4, -0.2) is 33.9 Å². The molecule has 152 valence electrons. The Balaban J connectivity index is 1.79. The predicted octanol–water partition coefficient (Wildman–Crippen LogP) is 3.44. The van der Waals surface area contributed by atoms with E-state index in [1.54, 1.807) is 32.9 Å². The van der Waals surface area contributed by atoms with Gasteiger partial charge in [0.2, 0.25) is 5.89 Å².